The van der Waals surface area contributed by atoms with Crippen molar-refractivity contribution in [2.24, 2.45) is 0 Å². The molecule has 0 spiro atoms. The number of hydrogen-bond acceptors (Lipinski definition) is 2. The number of allylic oxidation sites excluding steroid dienone is 5. The number of aryl methyl sites for hydroxylation is 6. The molecule has 1 fully saturated rings. The summed E-state index contributed by atoms with van der Waals surface area (Å²) < 4.78 is 0. The highest BCUT2D eigenvalue weighted by Gasteiger charge is 2.22. The van der Waals surface area contributed by atoms with Crippen molar-refractivity contribution >= 4 is 5.57 Å². The third kappa shape index (κ3) is 4.49. The van der Waals surface area contributed by atoms with E-state index in [4.69, 9.17) is 0 Å². The highest BCUT2D eigenvalue weighted by atomic mass is 15.2. The molecule has 162 valence electrons. The molecule has 0 radical (unpaired) electrons. The van der Waals surface area contributed by atoms with Crippen LogP contribution in [0.5, 0.6) is 0 Å². The van der Waals surface area contributed by atoms with E-state index in [0.717, 1.165) is 32.4 Å². The predicted octanol–water partition coefficient (Wildman–Crippen LogP) is 6.29. The molecule has 0 bridgehead atoms. The Morgan fingerprint density at radius 3 is 1.84 bits per heavy atom. The molecule has 2 aromatic rings. The minimum atomic E-state index is 0.981. The topological polar surface area (TPSA) is 24.1 Å². The SMILES string of the molecule is Cc1cc(C)c(CCC2=CCC(=C3NCCN3)C(c3c(C)cc(C)cc3C)=C2)c(C)c1. The molecular formula is C29H36N2. The molecule has 2 heteroatoms. The summed E-state index contributed by atoms with van der Waals surface area (Å²) in [6.07, 6.45) is 8.06. The Hall–Kier alpha value is -2.74. The van der Waals surface area contributed by atoms with E-state index in [9.17, 15) is 0 Å². The van der Waals surface area contributed by atoms with Gasteiger partial charge in [0.1, 0.15) is 5.82 Å². The van der Waals surface area contributed by atoms with Gasteiger partial charge in [-0.1, -0.05) is 53.1 Å². The van der Waals surface area contributed by atoms with Crippen LogP contribution >= 0.6 is 0 Å². The van der Waals surface area contributed by atoms with Crippen molar-refractivity contribution in [1.82, 2.24) is 10.6 Å². The zero-order valence-electron chi connectivity index (χ0n) is 20.0. The summed E-state index contributed by atoms with van der Waals surface area (Å²) in [5.41, 5.74) is 15.4. The Labute approximate surface area is 188 Å². The van der Waals surface area contributed by atoms with Crippen LogP contribution in [-0.2, 0) is 6.42 Å². The molecule has 2 aromatic carbocycles. The quantitative estimate of drug-likeness (QED) is 0.617. The van der Waals surface area contributed by atoms with Gasteiger partial charge in [0, 0.05) is 18.7 Å². The van der Waals surface area contributed by atoms with E-state index >= 15 is 0 Å². The van der Waals surface area contributed by atoms with Crippen molar-refractivity contribution in [3.8, 4) is 0 Å². The van der Waals surface area contributed by atoms with E-state index in [1.807, 2.05) is 0 Å². The fourth-order valence-corrected chi connectivity index (χ4v) is 5.44. The van der Waals surface area contributed by atoms with Gasteiger partial charge < -0.3 is 10.6 Å². The molecule has 2 nitrogen and oxygen atoms in total. The van der Waals surface area contributed by atoms with Gasteiger partial charge in [-0.05, 0) is 99.8 Å². The molecule has 4 rings (SSSR count). The van der Waals surface area contributed by atoms with Crippen molar-refractivity contribution < 1.29 is 0 Å². The molecule has 0 aromatic heterocycles. The van der Waals surface area contributed by atoms with Gasteiger partial charge in [0.25, 0.3) is 0 Å². The molecule has 1 heterocycles. The third-order valence-corrected chi connectivity index (χ3v) is 6.70. The molecule has 0 saturated carbocycles. The third-order valence-electron chi connectivity index (χ3n) is 6.70. The molecule has 1 aliphatic heterocycles. The lowest BCUT2D eigenvalue weighted by Crippen LogP contribution is -2.16. The Bertz CT molecular complexity index is 1060. The van der Waals surface area contributed by atoms with Crippen molar-refractivity contribution in [1.29, 1.82) is 0 Å². The average Bonchev–Trinajstić information content (AvgIpc) is 3.21. The fourth-order valence-electron chi connectivity index (χ4n) is 5.44. The van der Waals surface area contributed by atoms with E-state index < -0.39 is 0 Å². The molecule has 2 N–H and O–H groups in total. The minimum absolute atomic E-state index is 0.981. The summed E-state index contributed by atoms with van der Waals surface area (Å²) in [6, 6.07) is 9.27. The van der Waals surface area contributed by atoms with Crippen LogP contribution in [0.1, 0.15) is 57.3 Å². The van der Waals surface area contributed by atoms with Crippen LogP contribution in [0.15, 0.2) is 53.4 Å². The smallest absolute Gasteiger partial charge is 0.103 e. The van der Waals surface area contributed by atoms with Crippen molar-refractivity contribution in [2.75, 3.05) is 13.1 Å². The monoisotopic (exact) mass is 412 g/mol. The predicted molar refractivity (Wildman–Crippen MR) is 133 cm³/mol. The standard InChI is InChI=1S/C29H36N2/c1-18-13-20(3)25(21(4)14-18)9-7-24-8-10-26(29-30-11-12-31-29)27(17-24)28-22(5)15-19(2)16-23(28)6/h8,13-17,30-31H,7,9-12H2,1-6H3. The first-order valence-electron chi connectivity index (χ1n) is 11.6. The average molecular weight is 413 g/mol. The lowest BCUT2D eigenvalue weighted by molar-refractivity contribution is 0.901. The maximum absolute atomic E-state index is 3.57. The molecule has 1 saturated heterocycles. The van der Waals surface area contributed by atoms with E-state index in [0.29, 0.717) is 0 Å². The normalized spacial score (nSPS) is 16.1. The maximum Gasteiger partial charge on any atom is 0.103 e. The van der Waals surface area contributed by atoms with Crippen LogP contribution in [0.4, 0.5) is 0 Å². The van der Waals surface area contributed by atoms with E-state index in [2.05, 4.69) is 88.6 Å². The first-order chi connectivity index (χ1) is 14.8. The highest BCUT2D eigenvalue weighted by Crippen LogP contribution is 2.38. The molecule has 0 atom stereocenters. The largest absolute Gasteiger partial charge is 0.370 e. The van der Waals surface area contributed by atoms with Crippen molar-refractivity contribution in [3.05, 3.63) is 97.9 Å². The van der Waals surface area contributed by atoms with Gasteiger partial charge in [-0.2, -0.15) is 0 Å². The summed E-state index contributed by atoms with van der Waals surface area (Å²) in [5, 5.41) is 7.14. The minimum Gasteiger partial charge on any atom is -0.370 e. The second-order valence-electron chi connectivity index (χ2n) is 9.40. The Kier molecular flexibility index (Phi) is 6.09. The Morgan fingerprint density at radius 2 is 1.26 bits per heavy atom. The lowest BCUT2D eigenvalue weighted by atomic mass is 9.83. The second-order valence-corrected chi connectivity index (χ2v) is 9.40. The first-order valence-corrected chi connectivity index (χ1v) is 11.6. The molecule has 0 amide bonds. The van der Waals surface area contributed by atoms with Crippen LogP contribution in [0, 0.1) is 41.5 Å². The van der Waals surface area contributed by atoms with Crippen molar-refractivity contribution in [3.63, 3.8) is 0 Å². The van der Waals surface area contributed by atoms with E-state index in [1.165, 1.54) is 67.0 Å². The second kappa shape index (κ2) is 8.78. The number of hydrogen-bond donors (Lipinski definition) is 2. The number of rotatable bonds is 4. The summed E-state index contributed by atoms with van der Waals surface area (Å²) in [4.78, 5) is 0. The van der Waals surface area contributed by atoms with Crippen molar-refractivity contribution in [2.45, 2.75) is 60.8 Å². The maximum atomic E-state index is 3.57. The fraction of sp³-hybridized carbons (Fsp3) is 0.379. The van der Waals surface area contributed by atoms with Crippen LogP contribution < -0.4 is 10.6 Å². The molecular weight excluding hydrogens is 376 g/mol. The van der Waals surface area contributed by atoms with Gasteiger partial charge >= 0.3 is 0 Å². The van der Waals surface area contributed by atoms with Gasteiger partial charge in [-0.25, -0.2) is 0 Å². The van der Waals surface area contributed by atoms with Gasteiger partial charge in [-0.15, -0.1) is 0 Å². The lowest BCUT2D eigenvalue weighted by Gasteiger charge is -2.24. The Morgan fingerprint density at radius 1 is 0.710 bits per heavy atom. The summed E-state index contributed by atoms with van der Waals surface area (Å²) in [5.74, 6) is 1.21. The molecule has 0 unspecified atom stereocenters. The van der Waals surface area contributed by atoms with Crippen LogP contribution in [0.3, 0.4) is 0 Å². The summed E-state index contributed by atoms with van der Waals surface area (Å²) >= 11 is 0. The molecule has 2 aliphatic rings. The summed E-state index contributed by atoms with van der Waals surface area (Å²) in [6.45, 7) is 15.4. The highest BCUT2D eigenvalue weighted by molar-refractivity contribution is 5.86. The van der Waals surface area contributed by atoms with E-state index in [-0.39, 0.29) is 0 Å². The Balaban J connectivity index is 1.70. The molecule has 31 heavy (non-hydrogen) atoms. The zero-order valence-corrected chi connectivity index (χ0v) is 20.0. The van der Waals surface area contributed by atoms with Gasteiger partial charge in [0.15, 0.2) is 0 Å². The zero-order chi connectivity index (χ0) is 22.1. The van der Waals surface area contributed by atoms with Gasteiger partial charge in [0.05, 0.1) is 0 Å². The summed E-state index contributed by atoms with van der Waals surface area (Å²) in [7, 11) is 0. The number of nitrogens with one attached hydrogen (secondary N) is 2. The number of benzene rings is 2. The first kappa shape index (κ1) is 21.5. The van der Waals surface area contributed by atoms with Crippen LogP contribution in [0.25, 0.3) is 5.57 Å². The molecule has 1 aliphatic carbocycles. The van der Waals surface area contributed by atoms with Crippen LogP contribution in [0.2, 0.25) is 0 Å². The van der Waals surface area contributed by atoms with Gasteiger partial charge in [-0.3, -0.25) is 0 Å². The van der Waals surface area contributed by atoms with Gasteiger partial charge in [0.2, 0.25) is 0 Å². The van der Waals surface area contributed by atoms with E-state index in [1.54, 1.807) is 0 Å². The van der Waals surface area contributed by atoms with Crippen LogP contribution in [-0.4, -0.2) is 13.1 Å².